The van der Waals surface area contributed by atoms with Gasteiger partial charge < -0.3 is 10.6 Å². The van der Waals surface area contributed by atoms with Gasteiger partial charge in [0.1, 0.15) is 11.0 Å². The summed E-state index contributed by atoms with van der Waals surface area (Å²) in [6.07, 6.45) is 2.43. The van der Waals surface area contributed by atoms with E-state index in [2.05, 4.69) is 16.5 Å². The zero-order valence-electron chi connectivity index (χ0n) is 10.3. The van der Waals surface area contributed by atoms with Crippen LogP contribution in [0.1, 0.15) is 19.8 Å². The van der Waals surface area contributed by atoms with E-state index in [1.807, 2.05) is 12.1 Å². The van der Waals surface area contributed by atoms with Gasteiger partial charge in [-0.25, -0.2) is 8.93 Å². The fourth-order valence-corrected chi connectivity index (χ4v) is 2.98. The normalized spacial score (nSPS) is 21.8. The Bertz CT molecular complexity index is 436. The molecule has 0 aromatic heterocycles. The minimum atomic E-state index is -1.17. The number of hydrogen-bond acceptors (Lipinski definition) is 3. The zero-order chi connectivity index (χ0) is 12.4. The van der Waals surface area contributed by atoms with Crippen LogP contribution >= 0.6 is 0 Å². The minimum absolute atomic E-state index is 0.540. The third-order valence-electron chi connectivity index (χ3n) is 3.26. The van der Waals surface area contributed by atoms with E-state index in [1.54, 1.807) is 13.1 Å². The summed E-state index contributed by atoms with van der Waals surface area (Å²) in [4.78, 5) is 3.04. The molecule has 0 amide bonds. The molecule has 0 bridgehead atoms. The molecule has 1 aliphatic rings. The summed E-state index contributed by atoms with van der Waals surface area (Å²) in [6.45, 7) is 3.27. The van der Waals surface area contributed by atoms with E-state index in [0.717, 1.165) is 17.1 Å². The average molecular weight is 253 g/mol. The Kier molecular flexibility index (Phi) is 3.69. The van der Waals surface area contributed by atoms with Crippen molar-refractivity contribution < 1.29 is 4.21 Å². The molecular weight excluding hydrogens is 234 g/mol. The highest BCUT2D eigenvalue weighted by Gasteiger charge is 2.22. The lowest BCUT2D eigenvalue weighted by molar-refractivity contribution is 0.678. The lowest BCUT2D eigenvalue weighted by atomic mass is 10.2. The largest absolute Gasteiger partial charge is 0.397 e. The van der Waals surface area contributed by atoms with Crippen LogP contribution in [-0.4, -0.2) is 23.8 Å². The fourth-order valence-electron chi connectivity index (χ4n) is 2.32. The Morgan fingerprint density at radius 3 is 2.82 bits per heavy atom. The van der Waals surface area contributed by atoms with E-state index < -0.39 is 11.0 Å². The molecule has 1 aromatic carbocycles. The van der Waals surface area contributed by atoms with Crippen molar-refractivity contribution in [3.8, 4) is 0 Å². The molecule has 94 valence electrons. The van der Waals surface area contributed by atoms with Gasteiger partial charge in [0.25, 0.3) is 0 Å². The average Bonchev–Trinajstić information content (AvgIpc) is 2.74. The molecule has 2 unspecified atom stereocenters. The van der Waals surface area contributed by atoms with Crippen LogP contribution in [0.3, 0.4) is 0 Å². The van der Waals surface area contributed by atoms with Crippen LogP contribution in [0.15, 0.2) is 23.1 Å². The van der Waals surface area contributed by atoms with Gasteiger partial charge in [-0.15, -0.1) is 0 Å². The molecule has 0 spiro atoms. The molecule has 0 radical (unpaired) electrons. The first-order valence-corrected chi connectivity index (χ1v) is 7.04. The van der Waals surface area contributed by atoms with Crippen LogP contribution in [0.25, 0.3) is 0 Å². The van der Waals surface area contributed by atoms with Crippen molar-refractivity contribution in [1.29, 1.82) is 0 Å². The first-order chi connectivity index (χ1) is 8.13. The topological polar surface area (TPSA) is 58.4 Å². The van der Waals surface area contributed by atoms with Gasteiger partial charge in [0, 0.05) is 12.6 Å². The Balaban J connectivity index is 2.28. The molecule has 2 rings (SSSR count). The molecule has 1 heterocycles. The third kappa shape index (κ3) is 2.45. The second kappa shape index (κ2) is 5.06. The number of benzene rings is 1. The summed E-state index contributed by atoms with van der Waals surface area (Å²) in [5, 5.41) is 0. The molecule has 1 fully saturated rings. The highest BCUT2D eigenvalue weighted by molar-refractivity contribution is 7.83. The fraction of sp³-hybridized carbons (Fsp3) is 0.500. The maximum atomic E-state index is 11.6. The molecule has 0 saturated carbocycles. The summed E-state index contributed by atoms with van der Waals surface area (Å²) in [6, 6.07) is 6.19. The van der Waals surface area contributed by atoms with E-state index in [1.165, 1.54) is 12.8 Å². The summed E-state index contributed by atoms with van der Waals surface area (Å²) >= 11 is 0. The molecule has 0 aliphatic carbocycles. The predicted molar refractivity (Wildman–Crippen MR) is 72.4 cm³/mol. The van der Waals surface area contributed by atoms with Gasteiger partial charge in [0.15, 0.2) is 0 Å². The number of hydrogen-bond donors (Lipinski definition) is 2. The second-order valence-corrected chi connectivity index (χ2v) is 5.80. The number of nitrogens with one attached hydrogen (secondary N) is 1. The van der Waals surface area contributed by atoms with Gasteiger partial charge in [-0.3, -0.25) is 0 Å². The van der Waals surface area contributed by atoms with Crippen LogP contribution in [0.2, 0.25) is 0 Å². The lowest BCUT2D eigenvalue weighted by Gasteiger charge is -2.25. The van der Waals surface area contributed by atoms with Gasteiger partial charge in [-0.05, 0) is 45.0 Å². The highest BCUT2D eigenvalue weighted by atomic mass is 32.2. The van der Waals surface area contributed by atoms with Crippen molar-refractivity contribution >= 4 is 22.4 Å². The SMILES string of the molecule is CNS(=O)c1ccc(N2CCCC2C)c(N)c1. The van der Waals surface area contributed by atoms with Crippen molar-refractivity contribution in [2.75, 3.05) is 24.2 Å². The third-order valence-corrected chi connectivity index (χ3v) is 4.31. The first-order valence-electron chi connectivity index (χ1n) is 5.89. The minimum Gasteiger partial charge on any atom is -0.397 e. The molecule has 5 heteroatoms. The van der Waals surface area contributed by atoms with Crippen molar-refractivity contribution in [2.45, 2.75) is 30.7 Å². The van der Waals surface area contributed by atoms with Crippen LogP contribution in [-0.2, 0) is 11.0 Å². The van der Waals surface area contributed by atoms with Crippen LogP contribution in [0.4, 0.5) is 11.4 Å². The van der Waals surface area contributed by atoms with Gasteiger partial charge >= 0.3 is 0 Å². The Hall–Kier alpha value is -1.07. The van der Waals surface area contributed by atoms with Crippen LogP contribution in [0, 0.1) is 0 Å². The highest BCUT2D eigenvalue weighted by Crippen LogP contribution is 2.31. The van der Waals surface area contributed by atoms with Crippen molar-refractivity contribution in [3.05, 3.63) is 18.2 Å². The Morgan fingerprint density at radius 1 is 1.53 bits per heavy atom. The van der Waals surface area contributed by atoms with E-state index in [0.29, 0.717) is 11.7 Å². The molecule has 1 saturated heterocycles. The van der Waals surface area contributed by atoms with E-state index in [4.69, 9.17) is 5.73 Å². The number of rotatable bonds is 3. The quantitative estimate of drug-likeness (QED) is 0.803. The summed E-state index contributed by atoms with van der Waals surface area (Å²) < 4.78 is 14.3. The van der Waals surface area contributed by atoms with Gasteiger partial charge in [0.2, 0.25) is 0 Å². The van der Waals surface area contributed by atoms with Gasteiger partial charge in [-0.2, -0.15) is 0 Å². The number of nitrogen functional groups attached to an aromatic ring is 1. The van der Waals surface area contributed by atoms with Crippen molar-refractivity contribution in [1.82, 2.24) is 4.72 Å². The van der Waals surface area contributed by atoms with Crippen molar-refractivity contribution in [3.63, 3.8) is 0 Å². The predicted octanol–water partition coefficient (Wildman–Crippen LogP) is 1.50. The van der Waals surface area contributed by atoms with E-state index in [-0.39, 0.29) is 0 Å². The smallest absolute Gasteiger partial charge is 0.124 e. The first kappa shape index (κ1) is 12.4. The monoisotopic (exact) mass is 253 g/mol. The maximum Gasteiger partial charge on any atom is 0.124 e. The van der Waals surface area contributed by atoms with Gasteiger partial charge in [0.05, 0.1) is 16.3 Å². The maximum absolute atomic E-state index is 11.6. The number of anilines is 2. The Morgan fingerprint density at radius 2 is 2.29 bits per heavy atom. The Labute approximate surface area is 105 Å². The number of nitrogens with zero attached hydrogens (tertiary/aromatic N) is 1. The standard InChI is InChI=1S/C12H19N3OS/c1-9-4-3-7-15(9)12-6-5-10(8-11(12)13)17(16)14-2/h5-6,8-9,14H,3-4,7,13H2,1-2H3. The molecule has 2 atom stereocenters. The molecule has 3 N–H and O–H groups in total. The summed E-state index contributed by atoms with van der Waals surface area (Å²) in [5.74, 6) is 0. The molecular formula is C12H19N3OS. The molecule has 1 aromatic rings. The molecule has 17 heavy (non-hydrogen) atoms. The van der Waals surface area contributed by atoms with Crippen LogP contribution < -0.4 is 15.4 Å². The molecule has 1 aliphatic heterocycles. The van der Waals surface area contributed by atoms with E-state index >= 15 is 0 Å². The van der Waals surface area contributed by atoms with Crippen molar-refractivity contribution in [2.24, 2.45) is 0 Å². The summed E-state index contributed by atoms with van der Waals surface area (Å²) in [7, 11) is 0.502. The van der Waals surface area contributed by atoms with Crippen LogP contribution in [0.5, 0.6) is 0 Å². The lowest BCUT2D eigenvalue weighted by Crippen LogP contribution is -2.27. The number of nitrogens with two attached hydrogens (primary N) is 1. The molecule has 4 nitrogen and oxygen atoms in total. The summed E-state index contributed by atoms with van der Waals surface area (Å²) in [5.41, 5.74) is 7.82. The van der Waals surface area contributed by atoms with E-state index in [9.17, 15) is 4.21 Å². The second-order valence-electron chi connectivity index (χ2n) is 4.38. The zero-order valence-corrected chi connectivity index (χ0v) is 11.1. The van der Waals surface area contributed by atoms with Gasteiger partial charge in [-0.1, -0.05) is 0 Å².